The highest BCUT2D eigenvalue weighted by Gasteiger charge is 2.28. The minimum atomic E-state index is -4.75. The minimum Gasteiger partial charge on any atom is -0.462 e. The van der Waals surface area contributed by atoms with Crippen LogP contribution in [0, 0.1) is 0 Å². The Balaban J connectivity index is 4.73. The number of hydrogen-bond donors (Lipinski definition) is 2. The van der Waals surface area contributed by atoms with Crippen molar-refractivity contribution >= 4 is 25.7 Å². The Kier molecular flexibility index (Phi) is 50.4. The van der Waals surface area contributed by atoms with E-state index in [1.807, 2.05) is 0 Å². The monoisotopic (exact) mass is 1010 g/mol. The maximum absolute atomic E-state index is 12.9. The summed E-state index contributed by atoms with van der Waals surface area (Å²) in [4.78, 5) is 48.4. The normalized spacial score (nSPS) is 13.8. The number of unbranched alkanes of at least 4 members (excludes halogenated alkanes) is 25. The highest BCUT2D eigenvalue weighted by Crippen LogP contribution is 2.43. The van der Waals surface area contributed by atoms with Crippen molar-refractivity contribution < 1.29 is 52.2 Å². The summed E-state index contributed by atoms with van der Waals surface area (Å²) in [5.41, 5.74) is 0. The lowest BCUT2D eigenvalue weighted by Crippen LogP contribution is -2.30. The number of aliphatic hydroxyl groups excluding tert-OH is 1. The van der Waals surface area contributed by atoms with Gasteiger partial charge in [0.05, 0.1) is 19.8 Å². The van der Waals surface area contributed by atoms with Gasteiger partial charge in [0.25, 0.3) is 0 Å². The van der Waals surface area contributed by atoms with Crippen molar-refractivity contribution in [2.24, 2.45) is 0 Å². The first-order chi connectivity index (χ1) is 34.2. The van der Waals surface area contributed by atoms with E-state index in [0.29, 0.717) is 19.3 Å². The maximum atomic E-state index is 12.9. The second-order valence-electron chi connectivity index (χ2n) is 18.7. The molecule has 12 heteroatoms. The van der Waals surface area contributed by atoms with Gasteiger partial charge in [-0.3, -0.25) is 23.4 Å². The van der Waals surface area contributed by atoms with E-state index in [4.69, 9.17) is 23.3 Å². The molecule has 0 fully saturated rings. The Labute approximate surface area is 427 Å². The molecule has 0 aliphatic rings. The highest BCUT2D eigenvalue weighted by atomic mass is 31.2. The van der Waals surface area contributed by atoms with E-state index in [-0.39, 0.29) is 25.9 Å². The van der Waals surface area contributed by atoms with Crippen LogP contribution in [-0.2, 0) is 42.2 Å². The topological polar surface area (TPSA) is 155 Å². The zero-order valence-corrected chi connectivity index (χ0v) is 45.6. The molecule has 0 spiro atoms. The van der Waals surface area contributed by atoms with Crippen LogP contribution in [0.25, 0.3) is 0 Å². The van der Waals surface area contributed by atoms with E-state index in [2.05, 4.69) is 81.5 Å². The van der Waals surface area contributed by atoms with Gasteiger partial charge in [-0.05, 0) is 96.3 Å². The molecule has 70 heavy (non-hydrogen) atoms. The van der Waals surface area contributed by atoms with Gasteiger partial charge < -0.3 is 24.2 Å². The fourth-order valence-electron chi connectivity index (χ4n) is 7.54. The van der Waals surface area contributed by atoms with Crippen LogP contribution in [0.2, 0.25) is 0 Å². The number of rotatable bonds is 52. The summed E-state index contributed by atoms with van der Waals surface area (Å²) >= 11 is 0. The fraction of sp³-hybridized carbons (Fsp3) is 0.776. The SMILES string of the molecule is CCC/C=C\C/C=C\CCCCCCCC(=O)OC(CO)COP(=O)(O)OCC(COC(=O)CCCCCCCCC/C=C\CCCCCCCC)OC(=O)CCCCCCC/C=C\C/C=C\CCC. The van der Waals surface area contributed by atoms with Gasteiger partial charge in [-0.2, -0.15) is 0 Å². The number of aliphatic hydroxyl groups is 1. The molecule has 3 unspecified atom stereocenters. The summed E-state index contributed by atoms with van der Waals surface area (Å²) in [6.07, 6.45) is 56.1. The molecular weight excluding hydrogens is 904 g/mol. The van der Waals surface area contributed by atoms with Crippen LogP contribution in [0.1, 0.15) is 252 Å². The fourth-order valence-corrected chi connectivity index (χ4v) is 8.33. The van der Waals surface area contributed by atoms with Gasteiger partial charge in [0.2, 0.25) is 0 Å². The second-order valence-corrected chi connectivity index (χ2v) is 20.2. The van der Waals surface area contributed by atoms with Crippen molar-refractivity contribution in [3.8, 4) is 0 Å². The van der Waals surface area contributed by atoms with Gasteiger partial charge in [-0.25, -0.2) is 4.57 Å². The first kappa shape index (κ1) is 67.2. The molecule has 0 heterocycles. The van der Waals surface area contributed by atoms with Crippen LogP contribution in [-0.4, -0.2) is 66.5 Å². The average molecular weight is 1010 g/mol. The standard InChI is InChI=1S/C58H103O11P/c1-4-7-10-13-16-19-22-25-26-27-28-31-32-35-38-41-44-47-56(60)65-51-55(69-58(62)49-46-43-40-37-34-30-24-21-18-15-12-9-6-3)53-67-70(63,64)66-52-54(50-59)68-57(61)48-45-42-39-36-33-29-23-20-17-14-11-8-5-2/h11-12,14-15,20-21,23-26,54-55,59H,4-10,13,16-19,22,27-53H2,1-3H3,(H,63,64)/b14-11-,15-12-,23-20-,24-21-,26-25-. The second kappa shape index (κ2) is 52.5. The maximum Gasteiger partial charge on any atom is 0.472 e. The molecule has 2 N–H and O–H groups in total. The third kappa shape index (κ3) is 50.1. The zero-order valence-electron chi connectivity index (χ0n) is 44.7. The zero-order chi connectivity index (χ0) is 51.3. The first-order valence-corrected chi connectivity index (χ1v) is 29.7. The summed E-state index contributed by atoms with van der Waals surface area (Å²) in [6.45, 7) is 4.48. The van der Waals surface area contributed by atoms with Crippen molar-refractivity contribution in [2.75, 3.05) is 26.4 Å². The molecule has 0 aromatic carbocycles. The van der Waals surface area contributed by atoms with E-state index < -0.39 is 57.8 Å². The van der Waals surface area contributed by atoms with Crippen LogP contribution in [0.3, 0.4) is 0 Å². The number of esters is 3. The molecule has 0 aliphatic heterocycles. The number of hydrogen-bond acceptors (Lipinski definition) is 10. The van der Waals surface area contributed by atoms with Gasteiger partial charge in [-0.15, -0.1) is 0 Å². The summed E-state index contributed by atoms with van der Waals surface area (Å²) in [6, 6.07) is 0. The molecule has 406 valence electrons. The predicted octanol–water partition coefficient (Wildman–Crippen LogP) is 16.4. The molecule has 0 aromatic rings. The smallest absolute Gasteiger partial charge is 0.462 e. The predicted molar refractivity (Wildman–Crippen MR) is 288 cm³/mol. The number of ether oxygens (including phenoxy) is 3. The largest absolute Gasteiger partial charge is 0.472 e. The van der Waals surface area contributed by atoms with Crippen LogP contribution >= 0.6 is 7.82 Å². The first-order valence-electron chi connectivity index (χ1n) is 28.2. The van der Waals surface area contributed by atoms with Crippen LogP contribution in [0.5, 0.6) is 0 Å². The third-order valence-electron chi connectivity index (χ3n) is 11.8. The lowest BCUT2D eigenvalue weighted by Gasteiger charge is -2.21. The van der Waals surface area contributed by atoms with Gasteiger partial charge in [0, 0.05) is 19.3 Å². The number of carbonyl (C=O) groups excluding carboxylic acids is 3. The molecule has 0 radical (unpaired) electrons. The van der Waals surface area contributed by atoms with E-state index in [0.717, 1.165) is 122 Å². The minimum absolute atomic E-state index is 0.149. The van der Waals surface area contributed by atoms with Crippen LogP contribution in [0.15, 0.2) is 60.8 Å². The van der Waals surface area contributed by atoms with Gasteiger partial charge in [-0.1, -0.05) is 197 Å². The Morgan fingerprint density at radius 2 is 0.729 bits per heavy atom. The number of allylic oxidation sites excluding steroid dienone is 10. The lowest BCUT2D eigenvalue weighted by molar-refractivity contribution is -0.161. The molecule has 0 aliphatic carbocycles. The molecular formula is C58H103O11P. The summed E-state index contributed by atoms with van der Waals surface area (Å²) in [7, 11) is -4.75. The number of phosphoric acid groups is 1. The van der Waals surface area contributed by atoms with E-state index in [1.165, 1.54) is 70.6 Å². The molecule has 0 saturated carbocycles. The average Bonchev–Trinajstić information content (AvgIpc) is 3.35. The summed E-state index contributed by atoms with van der Waals surface area (Å²) < 4.78 is 39.4. The van der Waals surface area contributed by atoms with Crippen molar-refractivity contribution in [3.63, 3.8) is 0 Å². The molecule has 11 nitrogen and oxygen atoms in total. The van der Waals surface area contributed by atoms with E-state index in [9.17, 15) is 28.9 Å². The summed E-state index contributed by atoms with van der Waals surface area (Å²) in [5.74, 6) is -1.50. The molecule has 3 atom stereocenters. The number of phosphoric ester groups is 1. The van der Waals surface area contributed by atoms with Gasteiger partial charge in [0.1, 0.15) is 12.7 Å². The molecule has 0 amide bonds. The van der Waals surface area contributed by atoms with Crippen LogP contribution < -0.4 is 0 Å². The highest BCUT2D eigenvalue weighted by molar-refractivity contribution is 7.47. The van der Waals surface area contributed by atoms with Gasteiger partial charge >= 0.3 is 25.7 Å². The molecule has 0 rings (SSSR count). The Bertz CT molecular complexity index is 1410. The quantitative estimate of drug-likeness (QED) is 0.0197. The summed E-state index contributed by atoms with van der Waals surface area (Å²) in [5, 5.41) is 9.79. The Morgan fingerprint density at radius 1 is 0.400 bits per heavy atom. The molecule has 0 bridgehead atoms. The van der Waals surface area contributed by atoms with Crippen molar-refractivity contribution in [1.82, 2.24) is 0 Å². The third-order valence-corrected chi connectivity index (χ3v) is 12.8. The van der Waals surface area contributed by atoms with Gasteiger partial charge in [0.15, 0.2) is 6.10 Å². The van der Waals surface area contributed by atoms with E-state index in [1.54, 1.807) is 0 Å². The Morgan fingerprint density at radius 3 is 1.13 bits per heavy atom. The van der Waals surface area contributed by atoms with E-state index >= 15 is 0 Å². The lowest BCUT2D eigenvalue weighted by atomic mass is 10.1. The van der Waals surface area contributed by atoms with Crippen molar-refractivity contribution in [3.05, 3.63) is 60.8 Å². The molecule has 0 saturated heterocycles. The Hall–Kier alpha value is -2.82. The molecule has 0 aromatic heterocycles. The number of carbonyl (C=O) groups is 3. The van der Waals surface area contributed by atoms with Crippen molar-refractivity contribution in [2.45, 2.75) is 264 Å². The van der Waals surface area contributed by atoms with Crippen LogP contribution in [0.4, 0.5) is 0 Å². The van der Waals surface area contributed by atoms with Crippen molar-refractivity contribution in [1.29, 1.82) is 0 Å².